The Morgan fingerprint density at radius 1 is 1.12 bits per heavy atom. The molecule has 0 aromatic carbocycles. The monoisotopic (exact) mass is 343 g/mol. The van der Waals surface area contributed by atoms with Crippen LogP contribution in [-0.4, -0.2) is 45.9 Å². The summed E-state index contributed by atoms with van der Waals surface area (Å²) in [7, 11) is 0. The largest absolute Gasteiger partial charge is 0.341 e. The molecule has 2 saturated heterocycles. The molecule has 0 unspecified atom stereocenters. The molecule has 1 saturated carbocycles. The summed E-state index contributed by atoms with van der Waals surface area (Å²) in [5.74, 6) is 1.10. The number of rotatable bonds is 4. The van der Waals surface area contributed by atoms with Crippen LogP contribution in [0, 0.1) is 0 Å². The SMILES string of the molecule is CCCN1C(=O)C2(CCCCC2)N[C@@H]1c1cnc(N2CCCC2)nc1. The zero-order chi connectivity index (χ0) is 17.3. The summed E-state index contributed by atoms with van der Waals surface area (Å²) in [6.45, 7) is 5.00. The van der Waals surface area contributed by atoms with Crippen molar-refractivity contribution < 1.29 is 4.79 Å². The number of hydrogen-bond donors (Lipinski definition) is 1. The number of nitrogens with one attached hydrogen (secondary N) is 1. The third kappa shape index (κ3) is 3.01. The predicted molar refractivity (Wildman–Crippen MR) is 97.2 cm³/mol. The minimum atomic E-state index is -0.355. The number of carbonyl (C=O) groups is 1. The molecule has 1 aromatic heterocycles. The number of anilines is 1. The van der Waals surface area contributed by atoms with Crippen molar-refractivity contribution in [2.24, 2.45) is 0 Å². The van der Waals surface area contributed by atoms with E-state index in [-0.39, 0.29) is 17.6 Å². The Bertz CT molecular complexity index is 605. The summed E-state index contributed by atoms with van der Waals surface area (Å²) in [5, 5.41) is 3.68. The molecule has 1 aromatic rings. The van der Waals surface area contributed by atoms with Crippen LogP contribution in [-0.2, 0) is 4.79 Å². The smallest absolute Gasteiger partial charge is 0.244 e. The molecular weight excluding hydrogens is 314 g/mol. The fourth-order valence-corrected chi connectivity index (χ4v) is 4.59. The van der Waals surface area contributed by atoms with E-state index in [2.05, 4.69) is 27.1 Å². The molecule has 136 valence electrons. The van der Waals surface area contributed by atoms with Crippen LogP contribution in [0.4, 0.5) is 5.95 Å². The third-order valence-corrected chi connectivity index (χ3v) is 5.93. The highest BCUT2D eigenvalue weighted by Crippen LogP contribution is 2.39. The van der Waals surface area contributed by atoms with Gasteiger partial charge in [-0.05, 0) is 32.1 Å². The van der Waals surface area contributed by atoms with Gasteiger partial charge in [0.25, 0.3) is 0 Å². The van der Waals surface area contributed by atoms with Crippen molar-refractivity contribution in [1.82, 2.24) is 20.2 Å². The first-order chi connectivity index (χ1) is 12.2. The summed E-state index contributed by atoms with van der Waals surface area (Å²) in [6, 6.07) is 0. The summed E-state index contributed by atoms with van der Waals surface area (Å²) >= 11 is 0. The van der Waals surface area contributed by atoms with Gasteiger partial charge in [-0.25, -0.2) is 9.97 Å². The second-order valence-corrected chi connectivity index (χ2v) is 7.70. The lowest BCUT2D eigenvalue weighted by molar-refractivity contribution is -0.134. The normalized spacial score (nSPS) is 26.0. The molecule has 6 heteroatoms. The second kappa shape index (κ2) is 6.90. The highest BCUT2D eigenvalue weighted by Gasteiger charge is 2.51. The van der Waals surface area contributed by atoms with E-state index in [0.29, 0.717) is 0 Å². The Kier molecular flexibility index (Phi) is 4.63. The van der Waals surface area contributed by atoms with Crippen LogP contribution in [0.3, 0.4) is 0 Å². The van der Waals surface area contributed by atoms with Gasteiger partial charge in [-0.3, -0.25) is 10.1 Å². The maximum atomic E-state index is 13.1. The third-order valence-electron chi connectivity index (χ3n) is 5.93. The topological polar surface area (TPSA) is 61.4 Å². The lowest BCUT2D eigenvalue weighted by Crippen LogP contribution is -2.48. The maximum absolute atomic E-state index is 13.1. The van der Waals surface area contributed by atoms with Crippen LogP contribution in [0.1, 0.15) is 70.0 Å². The van der Waals surface area contributed by atoms with Gasteiger partial charge in [0, 0.05) is 37.6 Å². The van der Waals surface area contributed by atoms with Crippen LogP contribution in [0.15, 0.2) is 12.4 Å². The summed E-state index contributed by atoms with van der Waals surface area (Å²) in [5.41, 5.74) is 0.651. The molecule has 1 aliphatic carbocycles. The van der Waals surface area contributed by atoms with Gasteiger partial charge < -0.3 is 9.80 Å². The van der Waals surface area contributed by atoms with Crippen molar-refractivity contribution >= 4 is 11.9 Å². The van der Waals surface area contributed by atoms with Crippen molar-refractivity contribution in [3.8, 4) is 0 Å². The molecule has 1 spiro atoms. The van der Waals surface area contributed by atoms with Crippen molar-refractivity contribution in [1.29, 1.82) is 0 Å². The first-order valence-corrected chi connectivity index (χ1v) is 9.89. The second-order valence-electron chi connectivity index (χ2n) is 7.70. The first-order valence-electron chi connectivity index (χ1n) is 9.89. The zero-order valence-electron chi connectivity index (χ0n) is 15.2. The van der Waals surface area contributed by atoms with Gasteiger partial charge in [-0.2, -0.15) is 0 Å². The summed E-state index contributed by atoms with van der Waals surface area (Å²) in [6.07, 6.45) is 12.6. The Hall–Kier alpha value is -1.69. The van der Waals surface area contributed by atoms with Gasteiger partial charge in [-0.15, -0.1) is 0 Å². The van der Waals surface area contributed by atoms with Crippen LogP contribution < -0.4 is 10.2 Å². The number of carbonyl (C=O) groups excluding carboxylic acids is 1. The van der Waals surface area contributed by atoms with E-state index in [4.69, 9.17) is 0 Å². The number of aromatic nitrogens is 2. The average molecular weight is 343 g/mol. The Balaban J connectivity index is 1.57. The van der Waals surface area contributed by atoms with E-state index in [1.165, 1.54) is 19.3 Å². The standard InChI is InChI=1S/C19H29N5O/c1-2-10-24-16(22-19(17(24)25)8-4-3-5-9-19)15-13-20-18(21-14-15)23-11-6-7-12-23/h13-14,16,22H,2-12H2,1H3/t16-/m0/s1. The molecule has 3 fully saturated rings. The summed E-state index contributed by atoms with van der Waals surface area (Å²) < 4.78 is 0. The van der Waals surface area contributed by atoms with E-state index < -0.39 is 0 Å². The molecule has 1 N–H and O–H groups in total. The first kappa shape index (κ1) is 16.8. The van der Waals surface area contributed by atoms with E-state index in [9.17, 15) is 4.79 Å². The highest BCUT2D eigenvalue weighted by atomic mass is 16.2. The highest BCUT2D eigenvalue weighted by molar-refractivity contribution is 5.89. The lowest BCUT2D eigenvalue weighted by atomic mass is 9.81. The summed E-state index contributed by atoms with van der Waals surface area (Å²) in [4.78, 5) is 26.6. The van der Waals surface area contributed by atoms with Crippen LogP contribution in [0.2, 0.25) is 0 Å². The number of nitrogens with zero attached hydrogens (tertiary/aromatic N) is 4. The van der Waals surface area contributed by atoms with Gasteiger partial charge in [-0.1, -0.05) is 26.2 Å². The Morgan fingerprint density at radius 2 is 1.80 bits per heavy atom. The quantitative estimate of drug-likeness (QED) is 0.910. The predicted octanol–water partition coefficient (Wildman–Crippen LogP) is 2.62. The van der Waals surface area contributed by atoms with E-state index in [1.54, 1.807) is 0 Å². The van der Waals surface area contributed by atoms with E-state index in [0.717, 1.165) is 63.3 Å². The molecule has 1 atom stereocenters. The minimum Gasteiger partial charge on any atom is -0.341 e. The molecule has 2 aliphatic heterocycles. The van der Waals surface area contributed by atoms with Gasteiger partial charge in [0.2, 0.25) is 11.9 Å². The van der Waals surface area contributed by atoms with Crippen LogP contribution in [0.25, 0.3) is 0 Å². The molecule has 6 nitrogen and oxygen atoms in total. The van der Waals surface area contributed by atoms with Gasteiger partial charge >= 0.3 is 0 Å². The molecule has 4 rings (SSSR count). The molecule has 0 bridgehead atoms. The zero-order valence-corrected chi connectivity index (χ0v) is 15.2. The molecule has 3 heterocycles. The molecule has 1 amide bonds. The molecule has 25 heavy (non-hydrogen) atoms. The van der Waals surface area contributed by atoms with Gasteiger partial charge in [0.1, 0.15) is 6.17 Å². The fraction of sp³-hybridized carbons (Fsp3) is 0.737. The molecule has 3 aliphatic rings. The Labute approximate surface area is 150 Å². The van der Waals surface area contributed by atoms with Crippen LogP contribution >= 0.6 is 0 Å². The molecular formula is C19H29N5O. The number of hydrogen-bond acceptors (Lipinski definition) is 5. The minimum absolute atomic E-state index is 0.0850. The number of amides is 1. The van der Waals surface area contributed by atoms with E-state index >= 15 is 0 Å². The van der Waals surface area contributed by atoms with Gasteiger partial charge in [0.05, 0.1) is 5.54 Å². The fourth-order valence-electron chi connectivity index (χ4n) is 4.59. The van der Waals surface area contributed by atoms with E-state index in [1.807, 2.05) is 17.3 Å². The maximum Gasteiger partial charge on any atom is 0.244 e. The van der Waals surface area contributed by atoms with Crippen LogP contribution in [0.5, 0.6) is 0 Å². The molecule has 0 radical (unpaired) electrons. The Morgan fingerprint density at radius 3 is 2.44 bits per heavy atom. The van der Waals surface area contributed by atoms with Crippen molar-refractivity contribution in [3.05, 3.63) is 18.0 Å². The average Bonchev–Trinajstić information content (AvgIpc) is 3.27. The lowest BCUT2D eigenvalue weighted by Gasteiger charge is -2.31. The van der Waals surface area contributed by atoms with Crippen molar-refractivity contribution in [2.45, 2.75) is 70.0 Å². The van der Waals surface area contributed by atoms with Crippen molar-refractivity contribution in [3.63, 3.8) is 0 Å². The van der Waals surface area contributed by atoms with Crippen molar-refractivity contribution in [2.75, 3.05) is 24.5 Å². The van der Waals surface area contributed by atoms with Gasteiger partial charge in [0.15, 0.2) is 0 Å².